The van der Waals surface area contributed by atoms with Crippen LogP contribution >= 0.6 is 0 Å². The predicted octanol–water partition coefficient (Wildman–Crippen LogP) is 3.56. The van der Waals surface area contributed by atoms with Crippen LogP contribution in [0.3, 0.4) is 0 Å². The van der Waals surface area contributed by atoms with Gasteiger partial charge >= 0.3 is 0 Å². The molecule has 0 radical (unpaired) electrons. The van der Waals surface area contributed by atoms with Gasteiger partial charge in [0.05, 0.1) is 17.8 Å². The van der Waals surface area contributed by atoms with Gasteiger partial charge in [0.2, 0.25) is 0 Å². The lowest BCUT2D eigenvalue weighted by molar-refractivity contribution is 0.0815. The van der Waals surface area contributed by atoms with E-state index in [0.717, 1.165) is 36.2 Å². The predicted molar refractivity (Wildman–Crippen MR) is 96.1 cm³/mol. The monoisotopic (exact) mass is 326 g/mol. The number of aromatic nitrogens is 1. The summed E-state index contributed by atoms with van der Waals surface area (Å²) in [4.78, 5) is 19.0. The first-order chi connectivity index (χ1) is 11.0. The van der Waals surface area contributed by atoms with Gasteiger partial charge in [-0.2, -0.15) is 0 Å². The SMILES string of the molecule is CC[Si](C#Cc1nc2c(c3c1CCC3)C(=O)N(C)C2)(CC)CC. The molecule has 2 heterocycles. The quantitative estimate of drug-likeness (QED) is 0.628. The Kier molecular flexibility index (Phi) is 4.33. The molecule has 1 amide bonds. The second-order valence-corrected chi connectivity index (χ2v) is 11.8. The summed E-state index contributed by atoms with van der Waals surface area (Å²) < 4.78 is 0. The van der Waals surface area contributed by atoms with Gasteiger partial charge in [-0.05, 0) is 48.5 Å². The van der Waals surface area contributed by atoms with Crippen molar-refractivity contribution in [2.24, 2.45) is 0 Å². The molecule has 0 aromatic carbocycles. The van der Waals surface area contributed by atoms with Crippen LogP contribution < -0.4 is 0 Å². The Hall–Kier alpha value is -1.60. The molecule has 0 spiro atoms. The van der Waals surface area contributed by atoms with E-state index in [1.807, 2.05) is 7.05 Å². The van der Waals surface area contributed by atoms with Crippen molar-refractivity contribution in [2.75, 3.05) is 7.05 Å². The molecule has 1 aliphatic carbocycles. The van der Waals surface area contributed by atoms with E-state index in [2.05, 4.69) is 32.2 Å². The van der Waals surface area contributed by atoms with Crippen molar-refractivity contribution >= 4 is 14.0 Å². The van der Waals surface area contributed by atoms with Crippen molar-refractivity contribution in [1.29, 1.82) is 0 Å². The number of rotatable bonds is 3. The van der Waals surface area contributed by atoms with Gasteiger partial charge < -0.3 is 4.90 Å². The van der Waals surface area contributed by atoms with Gasteiger partial charge in [0.15, 0.2) is 0 Å². The van der Waals surface area contributed by atoms with E-state index < -0.39 is 8.07 Å². The van der Waals surface area contributed by atoms with Crippen molar-refractivity contribution in [3.8, 4) is 11.5 Å². The second kappa shape index (κ2) is 6.12. The van der Waals surface area contributed by atoms with E-state index in [-0.39, 0.29) is 5.91 Å². The highest BCUT2D eigenvalue weighted by molar-refractivity contribution is 6.87. The Morgan fingerprint density at radius 2 is 1.78 bits per heavy atom. The topological polar surface area (TPSA) is 33.2 Å². The number of carbonyl (C=O) groups is 1. The molecule has 0 saturated heterocycles. The number of hydrogen-bond donors (Lipinski definition) is 0. The largest absolute Gasteiger partial charge is 0.336 e. The van der Waals surface area contributed by atoms with Crippen LogP contribution in [-0.2, 0) is 19.4 Å². The minimum atomic E-state index is -1.46. The summed E-state index contributed by atoms with van der Waals surface area (Å²) >= 11 is 0. The number of fused-ring (bicyclic) bond motifs is 3. The highest BCUT2D eigenvalue weighted by Gasteiger charge is 2.33. The molecule has 0 unspecified atom stereocenters. The third-order valence-electron chi connectivity index (χ3n) is 5.76. The second-order valence-electron chi connectivity index (χ2n) is 6.84. The summed E-state index contributed by atoms with van der Waals surface area (Å²) in [6.07, 6.45) is 3.15. The molecule has 1 aliphatic heterocycles. The fraction of sp³-hybridized carbons (Fsp3) is 0.579. The Morgan fingerprint density at radius 1 is 1.13 bits per heavy atom. The van der Waals surface area contributed by atoms with E-state index in [0.29, 0.717) is 6.54 Å². The van der Waals surface area contributed by atoms with Gasteiger partial charge in [0, 0.05) is 7.05 Å². The Labute approximate surface area is 140 Å². The molecule has 0 N–H and O–H groups in total. The van der Waals surface area contributed by atoms with E-state index >= 15 is 0 Å². The van der Waals surface area contributed by atoms with Gasteiger partial charge in [0.25, 0.3) is 5.91 Å². The summed E-state index contributed by atoms with van der Waals surface area (Å²) in [5.74, 6) is 3.61. The molecular weight excluding hydrogens is 300 g/mol. The smallest absolute Gasteiger partial charge is 0.256 e. The molecule has 4 heteroatoms. The number of pyridine rings is 1. The zero-order valence-corrected chi connectivity index (χ0v) is 15.8. The standard InChI is InChI=1S/C19H26N2OSi/c1-5-23(6-2,7-3)12-11-16-14-9-8-10-15(14)18-17(20-16)13-21(4)19(18)22/h5-10,13H2,1-4H3. The van der Waals surface area contributed by atoms with Gasteiger partial charge in [-0.1, -0.05) is 26.7 Å². The molecule has 1 aromatic rings. The van der Waals surface area contributed by atoms with Crippen LogP contribution in [0.2, 0.25) is 18.1 Å². The lowest BCUT2D eigenvalue weighted by atomic mass is 10.0. The first-order valence-corrected chi connectivity index (χ1v) is 11.5. The van der Waals surface area contributed by atoms with Crippen molar-refractivity contribution in [1.82, 2.24) is 9.88 Å². The highest BCUT2D eigenvalue weighted by Crippen LogP contribution is 2.33. The number of hydrogen-bond acceptors (Lipinski definition) is 2. The molecular formula is C19H26N2OSi. The first kappa shape index (κ1) is 16.3. The zero-order chi connectivity index (χ0) is 16.6. The molecule has 1 aromatic heterocycles. The zero-order valence-electron chi connectivity index (χ0n) is 14.8. The molecule has 3 nitrogen and oxygen atoms in total. The molecule has 0 bridgehead atoms. The average molecular weight is 327 g/mol. The molecule has 2 aliphatic rings. The van der Waals surface area contributed by atoms with Crippen LogP contribution in [0.5, 0.6) is 0 Å². The van der Waals surface area contributed by atoms with Crippen LogP contribution in [-0.4, -0.2) is 30.9 Å². The Morgan fingerprint density at radius 3 is 2.43 bits per heavy atom. The van der Waals surface area contributed by atoms with E-state index in [4.69, 9.17) is 4.98 Å². The molecule has 3 rings (SSSR count). The van der Waals surface area contributed by atoms with Crippen molar-refractivity contribution in [3.63, 3.8) is 0 Å². The van der Waals surface area contributed by atoms with E-state index in [1.165, 1.54) is 29.3 Å². The van der Waals surface area contributed by atoms with Gasteiger partial charge in [-0.3, -0.25) is 4.79 Å². The third kappa shape index (κ3) is 2.61. The number of nitrogens with zero attached hydrogens (tertiary/aromatic N) is 2. The maximum atomic E-state index is 12.4. The van der Waals surface area contributed by atoms with Crippen LogP contribution in [0.15, 0.2) is 0 Å². The van der Waals surface area contributed by atoms with Crippen LogP contribution in [0, 0.1) is 11.5 Å². The van der Waals surface area contributed by atoms with E-state index in [9.17, 15) is 4.79 Å². The van der Waals surface area contributed by atoms with Crippen LogP contribution in [0.4, 0.5) is 0 Å². The average Bonchev–Trinajstić information content (AvgIpc) is 3.14. The minimum absolute atomic E-state index is 0.143. The van der Waals surface area contributed by atoms with Gasteiger partial charge in [-0.25, -0.2) is 4.98 Å². The summed E-state index contributed by atoms with van der Waals surface area (Å²) in [5, 5.41) is 0. The van der Waals surface area contributed by atoms with Crippen molar-refractivity contribution in [3.05, 3.63) is 28.1 Å². The molecule has 122 valence electrons. The third-order valence-corrected chi connectivity index (χ3v) is 10.5. The molecule has 0 saturated carbocycles. The molecule has 0 fully saturated rings. The van der Waals surface area contributed by atoms with Gasteiger partial charge in [-0.15, -0.1) is 5.54 Å². The molecule has 23 heavy (non-hydrogen) atoms. The minimum Gasteiger partial charge on any atom is -0.336 e. The maximum Gasteiger partial charge on any atom is 0.256 e. The number of amides is 1. The fourth-order valence-electron chi connectivity index (χ4n) is 3.88. The Balaban J connectivity index is 2.09. The summed E-state index contributed by atoms with van der Waals surface area (Å²) in [7, 11) is 0.397. The highest BCUT2D eigenvalue weighted by atomic mass is 28.3. The summed E-state index contributed by atoms with van der Waals surface area (Å²) in [6, 6.07) is 3.63. The number of carbonyl (C=O) groups excluding carboxylic acids is 1. The Bertz CT molecular complexity index is 702. The summed E-state index contributed by atoms with van der Waals surface area (Å²) in [6.45, 7) is 7.47. The van der Waals surface area contributed by atoms with Crippen molar-refractivity contribution < 1.29 is 4.79 Å². The normalized spacial score (nSPS) is 16.2. The van der Waals surface area contributed by atoms with Crippen molar-refractivity contribution in [2.45, 2.75) is 64.7 Å². The maximum absolute atomic E-state index is 12.4. The van der Waals surface area contributed by atoms with Crippen LogP contribution in [0.1, 0.15) is 60.1 Å². The van der Waals surface area contributed by atoms with Gasteiger partial charge in [0.1, 0.15) is 13.8 Å². The van der Waals surface area contributed by atoms with Crippen LogP contribution in [0.25, 0.3) is 0 Å². The lowest BCUT2D eigenvalue weighted by Gasteiger charge is -2.20. The summed E-state index contributed by atoms with van der Waals surface area (Å²) in [5.41, 5.74) is 8.96. The van der Waals surface area contributed by atoms with E-state index in [1.54, 1.807) is 4.90 Å². The lowest BCUT2D eigenvalue weighted by Crippen LogP contribution is -2.29. The first-order valence-electron chi connectivity index (χ1n) is 8.88. The fourth-order valence-corrected chi connectivity index (χ4v) is 6.29. The molecule has 0 atom stereocenters.